The Kier molecular flexibility index (Phi) is 4.73. The molecule has 5 nitrogen and oxygen atoms in total. The Bertz CT molecular complexity index is 268. The molecule has 0 aromatic heterocycles. The smallest absolute Gasteiger partial charge is 0.242 e. The molecule has 0 bridgehead atoms. The van der Waals surface area contributed by atoms with Crippen LogP contribution in [0.15, 0.2) is 0 Å². The standard InChI is InChI=1S/C11H21N3O2/c1-3-13-10(15)7(2)14-11(16)8-5-4-6-9(8)12/h7-9H,3-6,12H2,1-2H3,(H,13,15)(H,14,16). The Balaban J connectivity index is 2.41. The van der Waals surface area contributed by atoms with E-state index in [1.54, 1.807) is 6.92 Å². The van der Waals surface area contributed by atoms with Crippen LogP contribution in [0.4, 0.5) is 0 Å². The Morgan fingerprint density at radius 3 is 2.62 bits per heavy atom. The van der Waals surface area contributed by atoms with Gasteiger partial charge in [-0.15, -0.1) is 0 Å². The van der Waals surface area contributed by atoms with Crippen molar-refractivity contribution in [2.24, 2.45) is 11.7 Å². The highest BCUT2D eigenvalue weighted by Gasteiger charge is 2.31. The normalized spacial score (nSPS) is 26.2. The maximum Gasteiger partial charge on any atom is 0.242 e. The summed E-state index contributed by atoms with van der Waals surface area (Å²) in [6.07, 6.45) is 2.72. The van der Waals surface area contributed by atoms with E-state index in [9.17, 15) is 9.59 Å². The highest BCUT2D eigenvalue weighted by molar-refractivity contribution is 5.88. The summed E-state index contributed by atoms with van der Waals surface area (Å²) < 4.78 is 0. The predicted molar refractivity (Wildman–Crippen MR) is 61.6 cm³/mol. The van der Waals surface area contributed by atoms with Gasteiger partial charge in [0.2, 0.25) is 11.8 Å². The highest BCUT2D eigenvalue weighted by atomic mass is 16.2. The summed E-state index contributed by atoms with van der Waals surface area (Å²) >= 11 is 0. The molecule has 92 valence electrons. The molecule has 1 aliphatic rings. The van der Waals surface area contributed by atoms with Crippen molar-refractivity contribution in [2.45, 2.75) is 45.2 Å². The molecule has 16 heavy (non-hydrogen) atoms. The lowest BCUT2D eigenvalue weighted by Crippen LogP contribution is -2.48. The minimum Gasteiger partial charge on any atom is -0.355 e. The third kappa shape index (κ3) is 3.20. The first-order valence-corrected chi connectivity index (χ1v) is 5.90. The van der Waals surface area contributed by atoms with Crippen LogP contribution >= 0.6 is 0 Å². The van der Waals surface area contributed by atoms with E-state index >= 15 is 0 Å². The molecule has 3 unspecified atom stereocenters. The summed E-state index contributed by atoms with van der Waals surface area (Å²) in [6.45, 7) is 4.10. The predicted octanol–water partition coefficient (Wildman–Crippen LogP) is -0.245. The first-order chi connectivity index (χ1) is 7.56. The second kappa shape index (κ2) is 5.84. The molecule has 0 saturated heterocycles. The number of amides is 2. The maximum atomic E-state index is 11.8. The number of nitrogens with two attached hydrogens (primary N) is 1. The van der Waals surface area contributed by atoms with Crippen LogP contribution < -0.4 is 16.4 Å². The fourth-order valence-electron chi connectivity index (χ4n) is 2.03. The maximum absolute atomic E-state index is 11.8. The molecule has 0 heterocycles. The average molecular weight is 227 g/mol. The molecule has 0 spiro atoms. The molecule has 1 rings (SSSR count). The molecule has 1 aliphatic carbocycles. The number of carbonyl (C=O) groups excluding carboxylic acids is 2. The van der Waals surface area contributed by atoms with E-state index in [1.165, 1.54) is 0 Å². The van der Waals surface area contributed by atoms with Gasteiger partial charge in [0, 0.05) is 12.6 Å². The number of likely N-dealkylation sites (N-methyl/N-ethyl adjacent to an activating group) is 1. The van der Waals surface area contributed by atoms with Gasteiger partial charge in [-0.3, -0.25) is 9.59 Å². The number of hydrogen-bond acceptors (Lipinski definition) is 3. The quantitative estimate of drug-likeness (QED) is 0.619. The van der Waals surface area contributed by atoms with Gasteiger partial charge in [0.05, 0.1) is 5.92 Å². The first kappa shape index (κ1) is 13.0. The van der Waals surface area contributed by atoms with Crippen molar-refractivity contribution in [1.29, 1.82) is 0 Å². The van der Waals surface area contributed by atoms with E-state index in [0.717, 1.165) is 19.3 Å². The Labute approximate surface area is 96.1 Å². The van der Waals surface area contributed by atoms with Gasteiger partial charge in [-0.2, -0.15) is 0 Å². The molecule has 1 saturated carbocycles. The van der Waals surface area contributed by atoms with Crippen molar-refractivity contribution in [3.63, 3.8) is 0 Å². The molecule has 1 fully saturated rings. The molecule has 4 N–H and O–H groups in total. The largest absolute Gasteiger partial charge is 0.355 e. The van der Waals surface area contributed by atoms with Gasteiger partial charge >= 0.3 is 0 Å². The summed E-state index contributed by atoms with van der Waals surface area (Å²) in [4.78, 5) is 23.2. The molecular formula is C11H21N3O2. The second-order valence-electron chi connectivity index (χ2n) is 4.33. The van der Waals surface area contributed by atoms with E-state index < -0.39 is 6.04 Å². The number of rotatable bonds is 4. The lowest BCUT2D eigenvalue weighted by Gasteiger charge is -2.18. The van der Waals surface area contributed by atoms with Crippen molar-refractivity contribution in [1.82, 2.24) is 10.6 Å². The summed E-state index contributed by atoms with van der Waals surface area (Å²) in [5.74, 6) is -0.372. The van der Waals surface area contributed by atoms with Crippen molar-refractivity contribution in [3.8, 4) is 0 Å². The van der Waals surface area contributed by atoms with Crippen LogP contribution in [-0.2, 0) is 9.59 Å². The van der Waals surface area contributed by atoms with E-state index in [-0.39, 0.29) is 23.8 Å². The second-order valence-corrected chi connectivity index (χ2v) is 4.33. The van der Waals surface area contributed by atoms with E-state index in [1.807, 2.05) is 6.92 Å². The van der Waals surface area contributed by atoms with Crippen LogP contribution in [0.25, 0.3) is 0 Å². The number of carbonyl (C=O) groups is 2. The summed E-state index contributed by atoms with van der Waals surface area (Å²) in [5.41, 5.74) is 5.83. The van der Waals surface area contributed by atoms with Crippen LogP contribution in [0.1, 0.15) is 33.1 Å². The average Bonchev–Trinajstić information content (AvgIpc) is 2.64. The van der Waals surface area contributed by atoms with Gasteiger partial charge in [0.15, 0.2) is 0 Å². The molecule has 0 aliphatic heterocycles. The van der Waals surface area contributed by atoms with Crippen molar-refractivity contribution in [2.75, 3.05) is 6.54 Å². The third-order valence-electron chi connectivity index (χ3n) is 3.01. The molecule has 0 aromatic rings. The molecule has 2 amide bonds. The number of hydrogen-bond donors (Lipinski definition) is 3. The summed E-state index contributed by atoms with van der Waals surface area (Å²) in [5, 5.41) is 5.37. The highest BCUT2D eigenvalue weighted by Crippen LogP contribution is 2.23. The fourth-order valence-corrected chi connectivity index (χ4v) is 2.03. The van der Waals surface area contributed by atoms with Crippen molar-refractivity contribution >= 4 is 11.8 Å². The summed E-state index contributed by atoms with van der Waals surface area (Å²) in [6, 6.07) is -0.540. The molecular weight excluding hydrogens is 206 g/mol. The fraction of sp³-hybridized carbons (Fsp3) is 0.818. The minimum atomic E-state index is -0.486. The molecule has 5 heteroatoms. The molecule has 0 radical (unpaired) electrons. The van der Waals surface area contributed by atoms with Gasteiger partial charge in [0.1, 0.15) is 6.04 Å². The van der Waals surface area contributed by atoms with E-state index in [0.29, 0.717) is 6.54 Å². The zero-order valence-corrected chi connectivity index (χ0v) is 9.95. The van der Waals surface area contributed by atoms with Crippen LogP contribution in [-0.4, -0.2) is 30.4 Å². The zero-order valence-electron chi connectivity index (χ0n) is 9.95. The summed E-state index contributed by atoms with van der Waals surface area (Å²) in [7, 11) is 0. The topological polar surface area (TPSA) is 84.2 Å². The van der Waals surface area contributed by atoms with Gasteiger partial charge in [0.25, 0.3) is 0 Å². The van der Waals surface area contributed by atoms with Crippen molar-refractivity contribution < 1.29 is 9.59 Å². The first-order valence-electron chi connectivity index (χ1n) is 5.90. The van der Waals surface area contributed by atoms with Crippen LogP contribution in [0.3, 0.4) is 0 Å². The Morgan fingerprint density at radius 2 is 2.12 bits per heavy atom. The van der Waals surface area contributed by atoms with Gasteiger partial charge in [-0.05, 0) is 26.7 Å². The monoisotopic (exact) mass is 227 g/mol. The van der Waals surface area contributed by atoms with Gasteiger partial charge < -0.3 is 16.4 Å². The van der Waals surface area contributed by atoms with Crippen LogP contribution in [0.5, 0.6) is 0 Å². The Morgan fingerprint density at radius 1 is 1.44 bits per heavy atom. The van der Waals surface area contributed by atoms with Gasteiger partial charge in [-0.25, -0.2) is 0 Å². The minimum absolute atomic E-state index is 0.0542. The van der Waals surface area contributed by atoms with Gasteiger partial charge in [-0.1, -0.05) is 6.42 Å². The van der Waals surface area contributed by atoms with E-state index in [2.05, 4.69) is 10.6 Å². The van der Waals surface area contributed by atoms with E-state index in [4.69, 9.17) is 5.73 Å². The van der Waals surface area contributed by atoms with Crippen LogP contribution in [0, 0.1) is 5.92 Å². The lowest BCUT2D eigenvalue weighted by atomic mass is 10.0. The SMILES string of the molecule is CCNC(=O)C(C)NC(=O)C1CCCC1N. The lowest BCUT2D eigenvalue weighted by molar-refractivity contribution is -0.130. The molecule has 3 atom stereocenters. The number of nitrogens with one attached hydrogen (secondary N) is 2. The molecule has 0 aromatic carbocycles. The van der Waals surface area contributed by atoms with Crippen LogP contribution in [0.2, 0.25) is 0 Å². The third-order valence-corrected chi connectivity index (χ3v) is 3.01. The zero-order chi connectivity index (χ0) is 12.1. The Hall–Kier alpha value is -1.10. The van der Waals surface area contributed by atoms with Crippen molar-refractivity contribution in [3.05, 3.63) is 0 Å².